The monoisotopic (exact) mass is 440 g/mol. The van der Waals surface area contributed by atoms with Crippen LogP contribution in [0.15, 0.2) is 48.5 Å². The third-order valence-corrected chi connectivity index (χ3v) is 6.08. The summed E-state index contributed by atoms with van der Waals surface area (Å²) < 4.78 is 13.2. The Labute approximate surface area is 190 Å². The van der Waals surface area contributed by atoms with Crippen molar-refractivity contribution in [1.29, 1.82) is 0 Å². The lowest BCUT2D eigenvalue weighted by Crippen LogP contribution is -2.44. The largest absolute Gasteiger partial charge is 0.370 e. The number of nitrogens with one attached hydrogen (secondary N) is 1. The predicted molar refractivity (Wildman–Crippen MR) is 127 cm³/mol. The molecule has 1 unspecified atom stereocenters. The van der Waals surface area contributed by atoms with E-state index in [1.165, 1.54) is 12.1 Å². The van der Waals surface area contributed by atoms with Crippen LogP contribution < -0.4 is 10.2 Å². The molecule has 1 heterocycles. The fourth-order valence-corrected chi connectivity index (χ4v) is 4.07. The van der Waals surface area contributed by atoms with Crippen molar-refractivity contribution in [2.75, 3.05) is 49.5 Å². The number of halogens is 1. The molecule has 3 rings (SSSR count). The second kappa shape index (κ2) is 11.1. The summed E-state index contributed by atoms with van der Waals surface area (Å²) in [6.07, 6.45) is 0.919. The second-order valence-corrected chi connectivity index (χ2v) is 8.08. The second-order valence-electron chi connectivity index (χ2n) is 8.08. The van der Waals surface area contributed by atoms with Gasteiger partial charge in [-0.05, 0) is 69.7 Å². The molecular formula is C25H33FN4O2. The molecule has 0 aromatic heterocycles. The summed E-state index contributed by atoms with van der Waals surface area (Å²) in [5.41, 5.74) is 2.20. The van der Waals surface area contributed by atoms with Gasteiger partial charge in [0.2, 0.25) is 5.91 Å². The Hall–Kier alpha value is -2.93. The highest BCUT2D eigenvalue weighted by atomic mass is 19.1. The molecule has 0 bridgehead atoms. The van der Waals surface area contributed by atoms with Gasteiger partial charge in [-0.3, -0.25) is 14.5 Å². The fraction of sp³-hybridized carbons (Fsp3) is 0.440. The zero-order chi connectivity index (χ0) is 23.1. The number of nitrogens with zero attached hydrogens (tertiary/aromatic N) is 3. The van der Waals surface area contributed by atoms with E-state index in [0.717, 1.165) is 38.3 Å². The standard InChI is InChI=1S/C25H33FN4O2/c1-4-28(5-2)25(32)20-8-6-9-22(18-20)27-24(31)19(3)29-14-7-15-30(17-16-29)23-12-10-21(26)11-13-23/h6,8-13,18-19H,4-5,7,14-17H2,1-3H3,(H,27,31). The molecule has 1 N–H and O–H groups in total. The SMILES string of the molecule is CCN(CC)C(=O)c1cccc(NC(=O)C(C)N2CCCN(c3ccc(F)cc3)CC2)c1. The Bertz CT molecular complexity index is 914. The van der Waals surface area contributed by atoms with Gasteiger partial charge in [0.05, 0.1) is 6.04 Å². The van der Waals surface area contributed by atoms with Gasteiger partial charge in [-0.2, -0.15) is 0 Å². The summed E-state index contributed by atoms with van der Waals surface area (Å²) in [5.74, 6) is -0.362. The van der Waals surface area contributed by atoms with E-state index in [9.17, 15) is 14.0 Å². The minimum absolute atomic E-state index is 0.0347. The Morgan fingerprint density at radius 1 is 1.03 bits per heavy atom. The van der Waals surface area contributed by atoms with Crippen LogP contribution in [0.25, 0.3) is 0 Å². The zero-order valence-electron chi connectivity index (χ0n) is 19.2. The minimum Gasteiger partial charge on any atom is -0.370 e. The van der Waals surface area contributed by atoms with Crippen LogP contribution in [0.5, 0.6) is 0 Å². The highest BCUT2D eigenvalue weighted by Crippen LogP contribution is 2.19. The van der Waals surface area contributed by atoms with Crippen LogP contribution in [-0.2, 0) is 4.79 Å². The number of amides is 2. The van der Waals surface area contributed by atoms with Gasteiger partial charge in [0.15, 0.2) is 0 Å². The highest BCUT2D eigenvalue weighted by molar-refractivity contribution is 5.98. The smallest absolute Gasteiger partial charge is 0.253 e. The van der Waals surface area contributed by atoms with E-state index in [1.807, 2.05) is 26.8 Å². The fourth-order valence-electron chi connectivity index (χ4n) is 4.07. The summed E-state index contributed by atoms with van der Waals surface area (Å²) >= 11 is 0. The van der Waals surface area contributed by atoms with Gasteiger partial charge >= 0.3 is 0 Å². The van der Waals surface area contributed by atoms with Gasteiger partial charge in [-0.15, -0.1) is 0 Å². The summed E-state index contributed by atoms with van der Waals surface area (Å²) in [7, 11) is 0. The Morgan fingerprint density at radius 3 is 2.44 bits per heavy atom. The molecular weight excluding hydrogens is 407 g/mol. The Balaban J connectivity index is 1.60. The first-order chi connectivity index (χ1) is 15.4. The van der Waals surface area contributed by atoms with Crippen molar-refractivity contribution in [3.05, 3.63) is 59.9 Å². The van der Waals surface area contributed by atoms with Gasteiger partial charge in [0, 0.05) is 56.2 Å². The van der Waals surface area contributed by atoms with Crippen molar-refractivity contribution >= 4 is 23.2 Å². The molecule has 2 aromatic rings. The number of carbonyl (C=O) groups excluding carboxylic acids is 2. The normalized spacial score (nSPS) is 15.7. The average molecular weight is 441 g/mol. The molecule has 1 aliphatic rings. The maximum atomic E-state index is 13.2. The Kier molecular flexibility index (Phi) is 8.22. The molecule has 0 aliphatic carbocycles. The first-order valence-corrected chi connectivity index (χ1v) is 11.4. The van der Waals surface area contributed by atoms with E-state index in [4.69, 9.17) is 0 Å². The van der Waals surface area contributed by atoms with Crippen molar-refractivity contribution in [2.24, 2.45) is 0 Å². The van der Waals surface area contributed by atoms with Crippen LogP contribution in [0.1, 0.15) is 37.6 Å². The molecule has 0 saturated carbocycles. The third kappa shape index (κ3) is 5.85. The molecule has 2 amide bonds. The van der Waals surface area contributed by atoms with E-state index in [1.54, 1.807) is 35.2 Å². The van der Waals surface area contributed by atoms with Gasteiger partial charge in [0.1, 0.15) is 5.82 Å². The summed E-state index contributed by atoms with van der Waals surface area (Å²) in [4.78, 5) is 31.7. The molecule has 0 radical (unpaired) electrons. The van der Waals surface area contributed by atoms with Gasteiger partial charge in [0.25, 0.3) is 5.91 Å². The van der Waals surface area contributed by atoms with Crippen LogP contribution in [0, 0.1) is 5.82 Å². The number of carbonyl (C=O) groups is 2. The predicted octanol–water partition coefficient (Wildman–Crippen LogP) is 3.85. The van der Waals surface area contributed by atoms with E-state index in [-0.39, 0.29) is 23.7 Å². The van der Waals surface area contributed by atoms with Crippen LogP contribution in [0.3, 0.4) is 0 Å². The molecule has 2 aromatic carbocycles. The van der Waals surface area contributed by atoms with Crippen molar-refractivity contribution < 1.29 is 14.0 Å². The maximum Gasteiger partial charge on any atom is 0.253 e. The molecule has 7 heteroatoms. The lowest BCUT2D eigenvalue weighted by molar-refractivity contribution is -0.120. The number of hydrogen-bond donors (Lipinski definition) is 1. The lowest BCUT2D eigenvalue weighted by atomic mass is 10.1. The quantitative estimate of drug-likeness (QED) is 0.711. The summed E-state index contributed by atoms with van der Waals surface area (Å²) in [6, 6.07) is 13.4. The third-order valence-electron chi connectivity index (χ3n) is 6.08. The molecule has 32 heavy (non-hydrogen) atoms. The van der Waals surface area contributed by atoms with Crippen LogP contribution in [0.2, 0.25) is 0 Å². The van der Waals surface area contributed by atoms with Crippen molar-refractivity contribution in [2.45, 2.75) is 33.2 Å². The molecule has 1 fully saturated rings. The van der Waals surface area contributed by atoms with Gasteiger partial charge < -0.3 is 15.1 Å². The van der Waals surface area contributed by atoms with E-state index >= 15 is 0 Å². The molecule has 1 atom stereocenters. The first-order valence-electron chi connectivity index (χ1n) is 11.4. The number of benzene rings is 2. The maximum absolute atomic E-state index is 13.2. The minimum atomic E-state index is -0.301. The van der Waals surface area contributed by atoms with E-state index in [2.05, 4.69) is 15.1 Å². The number of rotatable bonds is 7. The van der Waals surface area contributed by atoms with E-state index in [0.29, 0.717) is 24.3 Å². The molecule has 172 valence electrons. The molecule has 1 aliphatic heterocycles. The number of anilines is 2. The van der Waals surface area contributed by atoms with Crippen molar-refractivity contribution in [3.8, 4) is 0 Å². The average Bonchev–Trinajstić information content (AvgIpc) is 3.06. The highest BCUT2D eigenvalue weighted by Gasteiger charge is 2.24. The van der Waals surface area contributed by atoms with Crippen LogP contribution in [0.4, 0.5) is 15.8 Å². The van der Waals surface area contributed by atoms with Gasteiger partial charge in [-0.25, -0.2) is 4.39 Å². The van der Waals surface area contributed by atoms with Crippen molar-refractivity contribution in [3.63, 3.8) is 0 Å². The summed E-state index contributed by atoms with van der Waals surface area (Å²) in [5, 5.41) is 2.97. The molecule has 6 nitrogen and oxygen atoms in total. The first kappa shape index (κ1) is 23.7. The van der Waals surface area contributed by atoms with Crippen LogP contribution in [-0.4, -0.2) is 66.9 Å². The van der Waals surface area contributed by atoms with Gasteiger partial charge in [-0.1, -0.05) is 6.07 Å². The molecule has 1 saturated heterocycles. The van der Waals surface area contributed by atoms with Crippen molar-refractivity contribution in [1.82, 2.24) is 9.80 Å². The molecule has 0 spiro atoms. The zero-order valence-corrected chi connectivity index (χ0v) is 19.2. The lowest BCUT2D eigenvalue weighted by Gasteiger charge is -2.27. The van der Waals surface area contributed by atoms with E-state index < -0.39 is 0 Å². The summed E-state index contributed by atoms with van der Waals surface area (Å²) in [6.45, 7) is 10.3. The van der Waals surface area contributed by atoms with Crippen LogP contribution >= 0.6 is 0 Å². The Morgan fingerprint density at radius 2 is 1.75 bits per heavy atom. The topological polar surface area (TPSA) is 55.9 Å². The number of hydrogen-bond acceptors (Lipinski definition) is 4.